The number of aliphatic carboxylic acids is 1. The van der Waals surface area contributed by atoms with Gasteiger partial charge in [-0.15, -0.1) is 0 Å². The van der Waals surface area contributed by atoms with Gasteiger partial charge in [-0.2, -0.15) is 22.7 Å². The second-order valence-electron chi connectivity index (χ2n) is 4.62. The zero-order valence-corrected chi connectivity index (χ0v) is 13.4. The summed E-state index contributed by atoms with van der Waals surface area (Å²) in [6.45, 7) is 3.65. The van der Waals surface area contributed by atoms with Crippen molar-refractivity contribution < 1.29 is 23.1 Å². The van der Waals surface area contributed by atoms with Crippen molar-refractivity contribution in [1.29, 1.82) is 5.26 Å². The highest BCUT2D eigenvalue weighted by Gasteiger charge is 2.31. The quantitative estimate of drug-likeness (QED) is 0.560. The number of nitrogens with zero attached hydrogens (tertiary/aromatic N) is 2. The van der Waals surface area contributed by atoms with E-state index >= 15 is 0 Å². The molecule has 0 fully saturated rings. The fourth-order valence-corrected chi connectivity index (χ4v) is 3.05. The minimum atomic E-state index is -3.99. The Morgan fingerprint density at radius 3 is 2.52 bits per heavy atom. The lowest BCUT2D eigenvalue weighted by Gasteiger charge is -2.26. The molecule has 0 aliphatic rings. The number of nitrogens with one attached hydrogen (secondary N) is 1. The maximum atomic E-state index is 12.3. The zero-order valence-electron chi connectivity index (χ0n) is 12.6. The van der Waals surface area contributed by atoms with Crippen LogP contribution in [-0.2, 0) is 19.7 Å². The Balaban J connectivity index is 5.08. The van der Waals surface area contributed by atoms with E-state index in [1.807, 2.05) is 6.07 Å². The summed E-state index contributed by atoms with van der Waals surface area (Å²) in [5.74, 6) is -1.57. The van der Waals surface area contributed by atoms with Crippen LogP contribution < -0.4 is 4.72 Å². The second-order valence-corrected chi connectivity index (χ2v) is 6.33. The maximum Gasteiger partial charge on any atom is 0.322 e. The SMILES string of the molecule is CC[C@H](C)[C@H](NS(=O)(=O)N(CCC#N)CCOC)C(=O)O. The molecule has 0 unspecified atom stereocenters. The number of carboxylic acid groups (broad SMARTS) is 1. The second kappa shape index (κ2) is 9.68. The lowest BCUT2D eigenvalue weighted by atomic mass is 10.0. The highest BCUT2D eigenvalue weighted by Crippen LogP contribution is 2.11. The minimum absolute atomic E-state index is 0.0119. The van der Waals surface area contributed by atoms with E-state index < -0.39 is 22.2 Å². The van der Waals surface area contributed by atoms with Gasteiger partial charge in [-0.25, -0.2) is 0 Å². The molecule has 0 amide bonds. The number of carboxylic acids is 1. The predicted octanol–water partition coefficient (Wildman–Crippen LogP) is 0.182. The monoisotopic (exact) mass is 321 g/mol. The number of hydrogen-bond acceptors (Lipinski definition) is 5. The first kappa shape index (κ1) is 19.8. The number of carbonyl (C=O) groups is 1. The Morgan fingerprint density at radius 1 is 1.48 bits per heavy atom. The number of methoxy groups -OCH3 is 1. The van der Waals surface area contributed by atoms with Crippen LogP contribution in [0, 0.1) is 17.2 Å². The van der Waals surface area contributed by atoms with Crippen molar-refractivity contribution in [2.45, 2.75) is 32.7 Å². The molecule has 2 atom stereocenters. The van der Waals surface area contributed by atoms with E-state index in [2.05, 4.69) is 4.72 Å². The molecule has 0 heterocycles. The third-order valence-corrected chi connectivity index (χ3v) is 4.71. The zero-order chi connectivity index (χ0) is 16.5. The molecular weight excluding hydrogens is 298 g/mol. The van der Waals surface area contributed by atoms with Crippen molar-refractivity contribution in [3.05, 3.63) is 0 Å². The van der Waals surface area contributed by atoms with Gasteiger partial charge in [-0.05, 0) is 5.92 Å². The average molecular weight is 321 g/mol. The Hall–Kier alpha value is -1.21. The number of rotatable bonds is 11. The standard InChI is InChI=1S/C12H23N3O5S/c1-4-10(2)11(12(16)17)14-21(18,19)15(7-5-6-13)8-9-20-3/h10-11,14H,4-5,7-9H2,1-3H3,(H,16,17)/t10-,11-/m0/s1. The van der Waals surface area contributed by atoms with E-state index in [4.69, 9.17) is 15.1 Å². The molecule has 0 rings (SSSR count). The van der Waals surface area contributed by atoms with E-state index in [-0.39, 0.29) is 32.0 Å². The summed E-state index contributed by atoms with van der Waals surface area (Å²) < 4.78 is 32.6. The van der Waals surface area contributed by atoms with Gasteiger partial charge in [0.05, 0.1) is 12.7 Å². The van der Waals surface area contributed by atoms with Crippen LogP contribution in [0.1, 0.15) is 26.7 Å². The van der Waals surface area contributed by atoms with Crippen LogP contribution in [0.3, 0.4) is 0 Å². The molecule has 0 aromatic heterocycles. The molecule has 9 heteroatoms. The van der Waals surface area contributed by atoms with Gasteiger partial charge < -0.3 is 9.84 Å². The van der Waals surface area contributed by atoms with Crippen LogP contribution in [0.4, 0.5) is 0 Å². The minimum Gasteiger partial charge on any atom is -0.480 e. The van der Waals surface area contributed by atoms with E-state index in [1.54, 1.807) is 13.8 Å². The normalized spacial score (nSPS) is 14.6. The Labute approximate surface area is 125 Å². The van der Waals surface area contributed by atoms with E-state index in [0.717, 1.165) is 4.31 Å². The van der Waals surface area contributed by atoms with E-state index in [9.17, 15) is 13.2 Å². The largest absolute Gasteiger partial charge is 0.480 e. The highest BCUT2D eigenvalue weighted by molar-refractivity contribution is 7.87. The van der Waals surface area contributed by atoms with Crippen molar-refractivity contribution in [2.75, 3.05) is 26.8 Å². The maximum absolute atomic E-state index is 12.3. The summed E-state index contributed by atoms with van der Waals surface area (Å²) in [5.41, 5.74) is 0. The van der Waals surface area contributed by atoms with Crippen molar-refractivity contribution in [3.8, 4) is 6.07 Å². The van der Waals surface area contributed by atoms with Crippen LogP contribution in [-0.4, -0.2) is 56.6 Å². The molecule has 0 saturated heterocycles. The van der Waals surface area contributed by atoms with Gasteiger partial charge in [-0.1, -0.05) is 20.3 Å². The molecule has 0 saturated carbocycles. The first-order valence-corrected chi connectivity index (χ1v) is 8.10. The van der Waals surface area contributed by atoms with Crippen molar-refractivity contribution in [3.63, 3.8) is 0 Å². The van der Waals surface area contributed by atoms with Crippen LogP contribution in [0.15, 0.2) is 0 Å². The number of hydrogen-bond donors (Lipinski definition) is 2. The molecule has 0 aromatic rings. The predicted molar refractivity (Wildman–Crippen MR) is 76.6 cm³/mol. The summed E-state index contributed by atoms with van der Waals surface area (Å²) >= 11 is 0. The third-order valence-electron chi connectivity index (χ3n) is 3.11. The lowest BCUT2D eigenvalue weighted by Crippen LogP contribution is -2.51. The van der Waals surface area contributed by atoms with Gasteiger partial charge in [0.2, 0.25) is 0 Å². The summed E-state index contributed by atoms with van der Waals surface area (Å²) in [6, 6.07) is 0.664. The first-order valence-electron chi connectivity index (χ1n) is 6.66. The van der Waals surface area contributed by atoms with Gasteiger partial charge in [0.1, 0.15) is 6.04 Å². The topological polar surface area (TPSA) is 120 Å². The van der Waals surface area contributed by atoms with Crippen LogP contribution in [0.25, 0.3) is 0 Å². The van der Waals surface area contributed by atoms with Gasteiger partial charge in [0.25, 0.3) is 10.2 Å². The van der Waals surface area contributed by atoms with Gasteiger partial charge >= 0.3 is 5.97 Å². The summed E-state index contributed by atoms with van der Waals surface area (Å²) in [5, 5.41) is 17.7. The molecule has 21 heavy (non-hydrogen) atoms. The van der Waals surface area contributed by atoms with E-state index in [1.165, 1.54) is 7.11 Å². The van der Waals surface area contributed by atoms with Crippen molar-refractivity contribution in [1.82, 2.24) is 9.03 Å². The lowest BCUT2D eigenvalue weighted by molar-refractivity contribution is -0.140. The van der Waals surface area contributed by atoms with Gasteiger partial charge in [-0.3, -0.25) is 4.79 Å². The first-order chi connectivity index (χ1) is 9.80. The molecule has 0 radical (unpaired) electrons. The molecule has 2 N–H and O–H groups in total. The highest BCUT2D eigenvalue weighted by atomic mass is 32.2. The van der Waals surface area contributed by atoms with Crippen molar-refractivity contribution in [2.24, 2.45) is 5.92 Å². The summed E-state index contributed by atoms with van der Waals surface area (Å²) in [4.78, 5) is 11.2. The van der Waals surface area contributed by atoms with E-state index in [0.29, 0.717) is 6.42 Å². The molecular formula is C12H23N3O5S. The van der Waals surface area contributed by atoms with Crippen molar-refractivity contribution >= 4 is 16.2 Å². The molecule has 0 aliphatic heterocycles. The van der Waals surface area contributed by atoms with Crippen LogP contribution >= 0.6 is 0 Å². The summed E-state index contributed by atoms with van der Waals surface area (Å²) in [7, 11) is -2.56. The Bertz CT molecular complexity index is 460. The van der Waals surface area contributed by atoms with Gasteiger partial charge in [0.15, 0.2) is 0 Å². The molecule has 8 nitrogen and oxygen atoms in total. The van der Waals surface area contributed by atoms with Crippen LogP contribution in [0.5, 0.6) is 0 Å². The fraction of sp³-hybridized carbons (Fsp3) is 0.833. The Kier molecular flexibility index (Phi) is 9.12. The third kappa shape index (κ3) is 6.86. The molecule has 0 spiro atoms. The Morgan fingerprint density at radius 2 is 2.10 bits per heavy atom. The van der Waals surface area contributed by atoms with Gasteiger partial charge in [0, 0.05) is 26.6 Å². The smallest absolute Gasteiger partial charge is 0.322 e. The van der Waals surface area contributed by atoms with Crippen LogP contribution in [0.2, 0.25) is 0 Å². The molecule has 0 bridgehead atoms. The summed E-state index contributed by atoms with van der Waals surface area (Å²) in [6.07, 6.45) is 0.543. The molecule has 0 aliphatic carbocycles. The molecule has 122 valence electrons. The number of ether oxygens (including phenoxy) is 1. The average Bonchev–Trinajstić information content (AvgIpc) is 2.43. The molecule has 0 aromatic carbocycles. The number of nitriles is 1. The fourth-order valence-electron chi connectivity index (χ4n) is 1.60.